The van der Waals surface area contributed by atoms with Gasteiger partial charge in [0.2, 0.25) is 0 Å². The average Bonchev–Trinajstić information content (AvgIpc) is 2.47. The van der Waals surface area contributed by atoms with Gasteiger partial charge >= 0.3 is 0 Å². The minimum Gasteiger partial charge on any atom is -0.496 e. The van der Waals surface area contributed by atoms with Crippen molar-refractivity contribution >= 4 is 34.5 Å². The van der Waals surface area contributed by atoms with Crippen molar-refractivity contribution in [3.63, 3.8) is 0 Å². The number of thiocarbonyl (C=S) groups is 1. The lowest BCUT2D eigenvalue weighted by molar-refractivity contribution is 0.409. The minimum absolute atomic E-state index is 0.333. The molecular weight excluding hydrogens is 304 g/mol. The molecule has 21 heavy (non-hydrogen) atoms. The largest absolute Gasteiger partial charge is 0.496 e. The summed E-state index contributed by atoms with van der Waals surface area (Å²) in [5.41, 5.74) is 8.60. The molecule has 0 aliphatic rings. The van der Waals surface area contributed by atoms with Gasteiger partial charge in [0.15, 0.2) is 0 Å². The minimum atomic E-state index is 0.333. The van der Waals surface area contributed by atoms with Crippen molar-refractivity contribution in [3.05, 3.63) is 58.6 Å². The van der Waals surface area contributed by atoms with Gasteiger partial charge in [-0.3, -0.25) is 0 Å². The molecule has 0 unspecified atom stereocenters. The summed E-state index contributed by atoms with van der Waals surface area (Å²) >= 11 is 11.1. The van der Waals surface area contributed by atoms with E-state index in [9.17, 15) is 0 Å². The van der Waals surface area contributed by atoms with E-state index in [0.29, 0.717) is 16.6 Å². The fraction of sp³-hybridized carbons (Fsp3) is 0.188. The van der Waals surface area contributed by atoms with Crippen LogP contribution < -0.4 is 15.4 Å². The number of halogens is 1. The van der Waals surface area contributed by atoms with Gasteiger partial charge in [-0.1, -0.05) is 42.0 Å². The Kier molecular flexibility index (Phi) is 5.04. The molecule has 0 amide bonds. The Hall–Kier alpha value is -1.78. The van der Waals surface area contributed by atoms with Crippen molar-refractivity contribution in [1.82, 2.24) is 0 Å². The molecule has 0 saturated carbocycles. The summed E-state index contributed by atoms with van der Waals surface area (Å²) in [6.45, 7) is 0.682. The molecule has 0 aromatic heterocycles. The molecule has 0 radical (unpaired) electrons. The lowest BCUT2D eigenvalue weighted by atomic mass is 10.1. The molecule has 0 fully saturated rings. The zero-order chi connectivity index (χ0) is 15.4. The van der Waals surface area contributed by atoms with Gasteiger partial charge in [-0.15, -0.1) is 0 Å². The maximum atomic E-state index is 6.02. The van der Waals surface area contributed by atoms with Crippen LogP contribution >= 0.6 is 23.8 Å². The maximum absolute atomic E-state index is 6.02. The first kappa shape index (κ1) is 15.6. The van der Waals surface area contributed by atoms with Crippen molar-refractivity contribution in [2.24, 2.45) is 5.73 Å². The molecule has 0 aliphatic heterocycles. The lowest BCUT2D eigenvalue weighted by Gasteiger charge is -2.23. The van der Waals surface area contributed by atoms with E-state index in [1.165, 1.54) is 0 Å². The Labute approximate surface area is 135 Å². The molecule has 2 N–H and O–H groups in total. The van der Waals surface area contributed by atoms with Crippen LogP contribution in [0.25, 0.3) is 0 Å². The molecule has 2 rings (SSSR count). The van der Waals surface area contributed by atoms with Crippen LogP contribution in [0.2, 0.25) is 5.02 Å². The number of hydrogen-bond acceptors (Lipinski definition) is 3. The maximum Gasteiger partial charge on any atom is 0.123 e. The summed E-state index contributed by atoms with van der Waals surface area (Å²) < 4.78 is 5.38. The van der Waals surface area contributed by atoms with Gasteiger partial charge in [0.25, 0.3) is 0 Å². The predicted molar refractivity (Wildman–Crippen MR) is 92.4 cm³/mol. The molecule has 2 aromatic carbocycles. The molecule has 0 spiro atoms. The van der Waals surface area contributed by atoms with Crippen molar-refractivity contribution < 1.29 is 4.74 Å². The second-order valence-electron chi connectivity index (χ2n) is 4.69. The van der Waals surface area contributed by atoms with Gasteiger partial charge in [0, 0.05) is 35.4 Å². The van der Waals surface area contributed by atoms with Gasteiger partial charge in [0.1, 0.15) is 10.7 Å². The van der Waals surface area contributed by atoms with Gasteiger partial charge in [0.05, 0.1) is 7.11 Å². The molecule has 110 valence electrons. The number of ether oxygens (including phenoxy) is 1. The van der Waals surface area contributed by atoms with E-state index < -0.39 is 0 Å². The Morgan fingerprint density at radius 3 is 2.67 bits per heavy atom. The van der Waals surface area contributed by atoms with E-state index in [1.807, 2.05) is 43.4 Å². The predicted octanol–water partition coefficient (Wildman–Crippen LogP) is 3.62. The Morgan fingerprint density at radius 1 is 1.29 bits per heavy atom. The Balaban J connectivity index is 2.32. The number of methoxy groups -OCH3 is 1. The summed E-state index contributed by atoms with van der Waals surface area (Å²) in [4.78, 5) is 2.40. The quantitative estimate of drug-likeness (QED) is 0.854. The Bertz CT molecular complexity index is 660. The summed E-state index contributed by atoms with van der Waals surface area (Å²) in [5, 5.41) is 0.618. The number of hydrogen-bond donors (Lipinski definition) is 1. The summed E-state index contributed by atoms with van der Waals surface area (Å²) in [6, 6.07) is 13.5. The van der Waals surface area contributed by atoms with Crippen molar-refractivity contribution in [3.8, 4) is 5.75 Å². The van der Waals surface area contributed by atoms with E-state index in [-0.39, 0.29) is 0 Å². The lowest BCUT2D eigenvalue weighted by Crippen LogP contribution is -2.21. The van der Waals surface area contributed by atoms with Crippen LogP contribution in [-0.4, -0.2) is 19.1 Å². The SMILES string of the molecule is COc1ccccc1CN(C)c1ccc(Cl)cc1C(N)=S. The van der Waals surface area contributed by atoms with Gasteiger partial charge in [-0.25, -0.2) is 0 Å². The number of nitrogens with zero attached hydrogens (tertiary/aromatic N) is 1. The first-order chi connectivity index (χ1) is 10.0. The van der Waals surface area contributed by atoms with Crippen LogP contribution in [0.4, 0.5) is 5.69 Å². The summed E-state index contributed by atoms with van der Waals surface area (Å²) in [7, 11) is 3.65. The van der Waals surface area contributed by atoms with Crippen LogP contribution in [-0.2, 0) is 6.54 Å². The van der Waals surface area contributed by atoms with Crippen LogP contribution in [0.5, 0.6) is 5.75 Å². The van der Waals surface area contributed by atoms with E-state index in [2.05, 4.69) is 4.90 Å². The fourth-order valence-electron chi connectivity index (χ4n) is 2.21. The van der Waals surface area contributed by atoms with Gasteiger partial charge in [-0.05, 0) is 24.3 Å². The fourth-order valence-corrected chi connectivity index (χ4v) is 2.55. The molecule has 0 atom stereocenters. The van der Waals surface area contributed by atoms with Crippen LogP contribution in [0.15, 0.2) is 42.5 Å². The van der Waals surface area contributed by atoms with E-state index in [1.54, 1.807) is 13.2 Å². The second-order valence-corrected chi connectivity index (χ2v) is 5.57. The Morgan fingerprint density at radius 2 is 2.00 bits per heavy atom. The zero-order valence-electron chi connectivity index (χ0n) is 12.0. The number of rotatable bonds is 5. The third-order valence-electron chi connectivity index (χ3n) is 3.24. The van der Waals surface area contributed by atoms with Crippen molar-refractivity contribution in [2.75, 3.05) is 19.1 Å². The summed E-state index contributed by atoms with van der Waals surface area (Å²) in [5.74, 6) is 0.857. The topological polar surface area (TPSA) is 38.5 Å². The van der Waals surface area contributed by atoms with Gasteiger partial charge < -0.3 is 15.4 Å². The third kappa shape index (κ3) is 3.65. The van der Waals surface area contributed by atoms with Crippen molar-refractivity contribution in [2.45, 2.75) is 6.54 Å². The molecule has 2 aromatic rings. The molecule has 0 saturated heterocycles. The normalized spacial score (nSPS) is 10.2. The van der Waals surface area contributed by atoms with Crippen LogP contribution in [0.1, 0.15) is 11.1 Å². The molecule has 3 nitrogen and oxygen atoms in total. The van der Waals surface area contributed by atoms with E-state index in [4.69, 9.17) is 34.3 Å². The number of anilines is 1. The molecule has 5 heteroatoms. The first-order valence-electron chi connectivity index (χ1n) is 6.45. The molecule has 0 bridgehead atoms. The molecule has 0 heterocycles. The van der Waals surface area contributed by atoms with Crippen molar-refractivity contribution in [1.29, 1.82) is 0 Å². The highest BCUT2D eigenvalue weighted by atomic mass is 35.5. The molecule has 0 aliphatic carbocycles. The standard InChI is InChI=1S/C16H17ClN2OS/c1-19(10-11-5-3-4-6-15(11)20-2)14-8-7-12(17)9-13(14)16(18)21/h3-9H,10H2,1-2H3,(H2,18,21). The number of nitrogens with two attached hydrogens (primary N) is 1. The van der Waals surface area contributed by atoms with Gasteiger partial charge in [-0.2, -0.15) is 0 Å². The number of para-hydroxylation sites is 1. The third-order valence-corrected chi connectivity index (χ3v) is 3.69. The second kappa shape index (κ2) is 6.78. The highest BCUT2D eigenvalue weighted by Gasteiger charge is 2.12. The van der Waals surface area contributed by atoms with E-state index >= 15 is 0 Å². The number of benzene rings is 2. The smallest absolute Gasteiger partial charge is 0.123 e. The average molecular weight is 321 g/mol. The molecular formula is C16H17ClN2OS. The highest BCUT2D eigenvalue weighted by molar-refractivity contribution is 7.80. The van der Waals surface area contributed by atoms with Crippen LogP contribution in [0, 0.1) is 0 Å². The first-order valence-corrected chi connectivity index (χ1v) is 7.24. The zero-order valence-corrected chi connectivity index (χ0v) is 13.5. The highest BCUT2D eigenvalue weighted by Crippen LogP contribution is 2.27. The van der Waals surface area contributed by atoms with E-state index in [0.717, 1.165) is 22.6 Å². The monoisotopic (exact) mass is 320 g/mol. The van der Waals surface area contributed by atoms with Crippen LogP contribution in [0.3, 0.4) is 0 Å². The summed E-state index contributed by atoms with van der Waals surface area (Å²) in [6.07, 6.45) is 0.